The number of nitrogens with zero attached hydrogens (tertiary/aromatic N) is 2. The van der Waals surface area contributed by atoms with E-state index in [2.05, 4.69) is 10.5 Å². The Balaban J connectivity index is 2.00. The van der Waals surface area contributed by atoms with Crippen molar-refractivity contribution in [3.8, 4) is 0 Å². The van der Waals surface area contributed by atoms with E-state index < -0.39 is 0 Å². The van der Waals surface area contributed by atoms with Crippen molar-refractivity contribution < 1.29 is 9.21 Å². The fourth-order valence-electron chi connectivity index (χ4n) is 1.53. The van der Waals surface area contributed by atoms with Gasteiger partial charge in [-0.25, -0.2) is 5.84 Å². The van der Waals surface area contributed by atoms with Crippen molar-refractivity contribution in [2.24, 2.45) is 12.9 Å². The highest BCUT2D eigenvalue weighted by Crippen LogP contribution is 2.23. The molecular weight excluding hydrogens is 252 g/mol. The minimum atomic E-state index is -0.355. The molecule has 0 aliphatic rings. The number of furan rings is 1. The summed E-state index contributed by atoms with van der Waals surface area (Å²) in [6, 6.07) is 3.68. The van der Waals surface area contributed by atoms with Crippen molar-refractivity contribution in [2.75, 3.05) is 0 Å². The number of nitrogens with one attached hydrogen (secondary N) is 1. The van der Waals surface area contributed by atoms with Gasteiger partial charge in [0.05, 0.1) is 22.0 Å². The van der Waals surface area contributed by atoms with Gasteiger partial charge in [0.25, 0.3) is 5.91 Å². The lowest BCUT2D eigenvalue weighted by molar-refractivity contribution is 0.0953. The minimum absolute atomic E-state index is 0.355. The van der Waals surface area contributed by atoms with Gasteiger partial charge in [0.1, 0.15) is 12.0 Å². The summed E-state index contributed by atoms with van der Waals surface area (Å²) in [5.74, 6) is 6.04. The smallest absolute Gasteiger partial charge is 0.268 e. The average molecular weight is 266 g/mol. The van der Waals surface area contributed by atoms with Crippen LogP contribution in [0.2, 0.25) is 0 Å². The Morgan fingerprint density at radius 3 is 3.00 bits per heavy atom. The van der Waals surface area contributed by atoms with E-state index in [1.165, 1.54) is 6.26 Å². The molecule has 3 N–H and O–H groups in total. The predicted molar refractivity (Wildman–Crippen MR) is 67.9 cm³/mol. The topological polar surface area (TPSA) is 86.1 Å². The first kappa shape index (κ1) is 12.7. The molecule has 0 spiro atoms. The van der Waals surface area contributed by atoms with Crippen LogP contribution in [0.3, 0.4) is 0 Å². The highest BCUT2D eigenvalue weighted by atomic mass is 32.2. The van der Waals surface area contributed by atoms with Gasteiger partial charge in [0.15, 0.2) is 0 Å². The molecule has 96 valence electrons. The molecule has 6 nitrogen and oxygen atoms in total. The largest absolute Gasteiger partial charge is 0.468 e. The Morgan fingerprint density at radius 2 is 2.39 bits per heavy atom. The van der Waals surface area contributed by atoms with E-state index in [1.54, 1.807) is 17.8 Å². The second-order valence-electron chi connectivity index (χ2n) is 3.81. The van der Waals surface area contributed by atoms with Crippen LogP contribution in [0.5, 0.6) is 0 Å². The van der Waals surface area contributed by atoms with Crippen molar-refractivity contribution >= 4 is 17.7 Å². The standard InChI is InChI=1S/C11H14N4O2S/c1-7-3-10(15(2)14-7)18-6-9-4-8(5-17-9)11(16)13-12/h3-5H,6,12H2,1-2H3,(H,13,16). The van der Waals surface area contributed by atoms with Gasteiger partial charge in [-0.1, -0.05) is 11.8 Å². The number of rotatable bonds is 4. The summed E-state index contributed by atoms with van der Waals surface area (Å²) in [4.78, 5) is 11.2. The van der Waals surface area contributed by atoms with Gasteiger partial charge >= 0.3 is 0 Å². The molecule has 0 unspecified atom stereocenters. The number of hydrogen-bond donors (Lipinski definition) is 2. The van der Waals surface area contributed by atoms with Gasteiger partial charge in [-0.2, -0.15) is 5.10 Å². The van der Waals surface area contributed by atoms with E-state index in [0.717, 1.165) is 16.5 Å². The fraction of sp³-hybridized carbons (Fsp3) is 0.273. The lowest BCUT2D eigenvalue weighted by Gasteiger charge is -1.98. The van der Waals surface area contributed by atoms with Gasteiger partial charge in [-0.05, 0) is 19.1 Å². The minimum Gasteiger partial charge on any atom is -0.468 e. The summed E-state index contributed by atoms with van der Waals surface area (Å²) in [7, 11) is 1.89. The maximum Gasteiger partial charge on any atom is 0.268 e. The van der Waals surface area contributed by atoms with Crippen molar-refractivity contribution in [1.82, 2.24) is 15.2 Å². The third-order valence-corrected chi connectivity index (χ3v) is 3.48. The van der Waals surface area contributed by atoms with Gasteiger partial charge in [-0.15, -0.1) is 0 Å². The van der Waals surface area contributed by atoms with Crippen LogP contribution >= 0.6 is 11.8 Å². The highest BCUT2D eigenvalue weighted by molar-refractivity contribution is 7.98. The molecule has 0 saturated carbocycles. The molecule has 2 aromatic rings. The summed E-state index contributed by atoms with van der Waals surface area (Å²) in [6.07, 6.45) is 1.40. The molecule has 0 aliphatic heterocycles. The number of hydrazine groups is 1. The molecule has 2 aromatic heterocycles. The van der Waals surface area contributed by atoms with E-state index in [9.17, 15) is 4.79 Å². The molecule has 0 atom stereocenters. The number of hydrogen-bond acceptors (Lipinski definition) is 5. The van der Waals surface area contributed by atoms with Crippen LogP contribution < -0.4 is 11.3 Å². The number of thioether (sulfide) groups is 1. The van der Waals surface area contributed by atoms with E-state index in [1.807, 2.05) is 24.7 Å². The van der Waals surface area contributed by atoms with Crippen LogP contribution in [0, 0.1) is 6.92 Å². The highest BCUT2D eigenvalue weighted by Gasteiger charge is 2.10. The average Bonchev–Trinajstić information content (AvgIpc) is 2.92. The third kappa shape index (κ3) is 2.74. The first-order chi connectivity index (χ1) is 8.60. The summed E-state index contributed by atoms with van der Waals surface area (Å²) >= 11 is 1.60. The Bertz CT molecular complexity index is 561. The maximum absolute atomic E-state index is 11.2. The third-order valence-electron chi connectivity index (χ3n) is 2.37. The molecule has 0 radical (unpaired) electrons. The molecule has 2 rings (SSSR count). The summed E-state index contributed by atoms with van der Waals surface area (Å²) < 4.78 is 7.11. The summed E-state index contributed by atoms with van der Waals surface area (Å²) in [6.45, 7) is 1.95. The van der Waals surface area contributed by atoms with Crippen molar-refractivity contribution in [1.29, 1.82) is 0 Å². The first-order valence-corrected chi connectivity index (χ1v) is 6.30. The zero-order chi connectivity index (χ0) is 13.1. The Kier molecular flexibility index (Phi) is 3.73. The van der Waals surface area contributed by atoms with Crippen molar-refractivity contribution in [2.45, 2.75) is 17.7 Å². The number of aryl methyl sites for hydroxylation is 2. The van der Waals surface area contributed by atoms with Crippen LogP contribution in [-0.2, 0) is 12.8 Å². The van der Waals surface area contributed by atoms with Gasteiger partial charge in [-0.3, -0.25) is 14.9 Å². The van der Waals surface area contributed by atoms with Crippen molar-refractivity contribution in [3.63, 3.8) is 0 Å². The van der Waals surface area contributed by atoms with Crippen LogP contribution in [0.1, 0.15) is 21.8 Å². The molecular formula is C11H14N4O2S. The molecule has 1 amide bonds. The van der Waals surface area contributed by atoms with Crippen LogP contribution in [0.25, 0.3) is 0 Å². The molecule has 18 heavy (non-hydrogen) atoms. The molecule has 7 heteroatoms. The molecule has 0 aliphatic carbocycles. The number of nitrogens with two attached hydrogens (primary N) is 1. The molecule has 2 heterocycles. The SMILES string of the molecule is Cc1cc(SCc2cc(C(=O)NN)co2)n(C)n1. The van der Waals surface area contributed by atoms with Crippen LogP contribution in [0.15, 0.2) is 27.8 Å². The lowest BCUT2D eigenvalue weighted by Crippen LogP contribution is -2.29. The number of carbonyl (C=O) groups excluding carboxylic acids is 1. The fourth-order valence-corrected chi connectivity index (χ4v) is 2.45. The van der Waals surface area contributed by atoms with Crippen molar-refractivity contribution in [3.05, 3.63) is 35.4 Å². The second-order valence-corrected chi connectivity index (χ2v) is 4.81. The normalized spacial score (nSPS) is 10.6. The summed E-state index contributed by atoms with van der Waals surface area (Å²) in [5, 5.41) is 5.30. The van der Waals surface area contributed by atoms with E-state index in [-0.39, 0.29) is 5.91 Å². The number of aromatic nitrogens is 2. The number of nitrogen functional groups attached to an aromatic ring is 1. The van der Waals surface area contributed by atoms with Gasteiger partial charge < -0.3 is 4.42 Å². The van der Waals surface area contributed by atoms with E-state index in [0.29, 0.717) is 11.3 Å². The Morgan fingerprint density at radius 1 is 1.61 bits per heavy atom. The number of amides is 1. The Labute approximate surface area is 108 Å². The maximum atomic E-state index is 11.2. The molecule has 0 fully saturated rings. The summed E-state index contributed by atoms with van der Waals surface area (Å²) in [5.41, 5.74) is 3.46. The van der Waals surface area contributed by atoms with E-state index >= 15 is 0 Å². The Hall–Kier alpha value is -1.73. The van der Waals surface area contributed by atoms with Crippen LogP contribution in [0.4, 0.5) is 0 Å². The molecule has 0 aromatic carbocycles. The lowest BCUT2D eigenvalue weighted by atomic mass is 10.3. The second kappa shape index (κ2) is 5.28. The number of carbonyl (C=O) groups is 1. The van der Waals surface area contributed by atoms with Crippen LogP contribution in [-0.4, -0.2) is 15.7 Å². The van der Waals surface area contributed by atoms with Gasteiger partial charge in [0.2, 0.25) is 0 Å². The zero-order valence-electron chi connectivity index (χ0n) is 10.1. The quantitative estimate of drug-likeness (QED) is 0.376. The first-order valence-electron chi connectivity index (χ1n) is 5.32. The van der Waals surface area contributed by atoms with E-state index in [4.69, 9.17) is 10.3 Å². The molecule has 0 saturated heterocycles. The predicted octanol–water partition coefficient (Wildman–Crippen LogP) is 1.22. The van der Waals surface area contributed by atoms with Gasteiger partial charge in [0, 0.05) is 7.05 Å². The zero-order valence-corrected chi connectivity index (χ0v) is 11.0. The monoisotopic (exact) mass is 266 g/mol. The molecule has 0 bridgehead atoms.